The minimum Gasteiger partial charge on any atom is -0.493 e. The summed E-state index contributed by atoms with van der Waals surface area (Å²) in [6.07, 6.45) is -5.29. The molecule has 4 rings (SSSR count). The highest BCUT2D eigenvalue weighted by molar-refractivity contribution is 6.31. The highest BCUT2D eigenvalue weighted by Crippen LogP contribution is 2.46. The lowest BCUT2D eigenvalue weighted by Crippen LogP contribution is -2.51. The summed E-state index contributed by atoms with van der Waals surface area (Å²) in [4.78, 5) is 16.9. The molecule has 214 valence electrons. The largest absolute Gasteiger partial charge is 0.493 e. The zero-order chi connectivity index (χ0) is 29.5. The molecule has 0 radical (unpaired) electrons. The Bertz CT molecular complexity index is 1450. The molecule has 13 heteroatoms. The van der Waals surface area contributed by atoms with Crippen LogP contribution in [0.1, 0.15) is 35.5 Å². The van der Waals surface area contributed by atoms with E-state index in [0.29, 0.717) is 12.4 Å². The van der Waals surface area contributed by atoms with E-state index in [1.54, 1.807) is 6.92 Å². The molecule has 3 aromatic rings. The van der Waals surface area contributed by atoms with E-state index in [2.05, 4.69) is 10.3 Å². The molecule has 1 aliphatic rings. The van der Waals surface area contributed by atoms with Gasteiger partial charge in [0.1, 0.15) is 18.1 Å². The van der Waals surface area contributed by atoms with E-state index < -0.39 is 41.3 Å². The maximum absolute atomic E-state index is 14.5. The van der Waals surface area contributed by atoms with Gasteiger partial charge >= 0.3 is 6.18 Å². The predicted octanol–water partition coefficient (Wildman–Crippen LogP) is 4.69. The van der Waals surface area contributed by atoms with Crippen LogP contribution in [-0.4, -0.2) is 49.0 Å². The van der Waals surface area contributed by atoms with Crippen molar-refractivity contribution in [2.45, 2.75) is 31.2 Å². The second-order valence-electron chi connectivity index (χ2n) is 9.41. The fourth-order valence-electron chi connectivity index (χ4n) is 4.18. The van der Waals surface area contributed by atoms with Gasteiger partial charge in [0.25, 0.3) is 5.91 Å². The Balaban J connectivity index is 1.76. The molecule has 0 unspecified atom stereocenters. The molecule has 4 N–H and O–H groups in total. The number of methoxy groups -OCH3 is 1. The fraction of sp³-hybridized carbons (Fsp3) is 0.333. The van der Waals surface area contributed by atoms with Crippen molar-refractivity contribution >= 4 is 17.5 Å². The van der Waals surface area contributed by atoms with Gasteiger partial charge in [-0.3, -0.25) is 4.79 Å². The molecule has 0 fully saturated rings. The number of benzene rings is 2. The Morgan fingerprint density at radius 2 is 1.95 bits per heavy atom. The molecular weight excluding hydrogens is 558 g/mol. The summed E-state index contributed by atoms with van der Waals surface area (Å²) >= 11 is 5.90. The molecule has 1 aliphatic heterocycles. The fourth-order valence-corrected chi connectivity index (χ4v) is 4.36. The number of nitrogens with zero attached hydrogens (tertiary/aromatic N) is 1. The van der Waals surface area contributed by atoms with Crippen molar-refractivity contribution in [2.75, 3.05) is 26.9 Å². The number of alkyl halides is 3. The molecule has 1 amide bonds. The summed E-state index contributed by atoms with van der Waals surface area (Å²) in [5, 5.41) is 12.9. The number of fused-ring (bicyclic) bond motifs is 1. The average molecular weight is 584 g/mol. The van der Waals surface area contributed by atoms with Crippen molar-refractivity contribution in [3.63, 3.8) is 0 Å². The van der Waals surface area contributed by atoms with Gasteiger partial charge in [-0.25, -0.2) is 9.37 Å². The number of carbonyl (C=O) groups is 1. The number of ether oxygens (including phenoxy) is 3. The highest BCUT2D eigenvalue weighted by Gasteiger charge is 2.57. The molecular formula is C27H26ClF4N3O5. The van der Waals surface area contributed by atoms with Crippen molar-refractivity contribution in [3.8, 4) is 28.5 Å². The lowest BCUT2D eigenvalue weighted by Gasteiger charge is -2.31. The van der Waals surface area contributed by atoms with Gasteiger partial charge in [0.05, 0.1) is 36.5 Å². The number of amides is 1. The van der Waals surface area contributed by atoms with Crippen molar-refractivity contribution in [2.24, 2.45) is 5.73 Å². The Morgan fingerprint density at radius 1 is 1.23 bits per heavy atom. The zero-order valence-corrected chi connectivity index (χ0v) is 22.4. The number of rotatable bonds is 8. The van der Waals surface area contributed by atoms with Gasteiger partial charge in [-0.15, -0.1) is 0 Å². The molecule has 0 bridgehead atoms. The Labute approximate surface area is 232 Å². The van der Waals surface area contributed by atoms with Crippen LogP contribution in [0.5, 0.6) is 17.2 Å². The number of halogens is 5. The van der Waals surface area contributed by atoms with E-state index in [1.807, 2.05) is 0 Å². The first kappa shape index (κ1) is 29.4. The van der Waals surface area contributed by atoms with Gasteiger partial charge in [0.15, 0.2) is 17.2 Å². The number of carbonyl (C=O) groups excluding carboxylic acids is 1. The first-order valence-electron chi connectivity index (χ1n) is 12.0. The average Bonchev–Trinajstić information content (AvgIpc) is 3.22. The normalized spacial score (nSPS) is 17.9. The van der Waals surface area contributed by atoms with Gasteiger partial charge in [-0.2, -0.15) is 13.2 Å². The summed E-state index contributed by atoms with van der Waals surface area (Å²) in [6.45, 7) is 2.24. The predicted molar refractivity (Wildman–Crippen MR) is 138 cm³/mol. The number of nitrogens with one attached hydrogen (secondary N) is 1. The van der Waals surface area contributed by atoms with Gasteiger partial charge in [0.2, 0.25) is 5.60 Å². The Kier molecular flexibility index (Phi) is 7.90. The number of aromatic nitrogens is 1. The van der Waals surface area contributed by atoms with Gasteiger partial charge in [-0.1, -0.05) is 11.6 Å². The summed E-state index contributed by atoms with van der Waals surface area (Å²) in [5.41, 5.74) is 0.658. The van der Waals surface area contributed by atoms with Crippen LogP contribution in [0.2, 0.25) is 5.02 Å². The van der Waals surface area contributed by atoms with E-state index in [4.69, 9.17) is 31.5 Å². The van der Waals surface area contributed by atoms with Crippen LogP contribution in [0.3, 0.4) is 0 Å². The van der Waals surface area contributed by atoms with Crippen molar-refractivity contribution < 1.29 is 41.7 Å². The molecule has 0 saturated carbocycles. The van der Waals surface area contributed by atoms with Gasteiger partial charge in [0, 0.05) is 16.7 Å². The molecule has 0 saturated heterocycles. The Morgan fingerprint density at radius 3 is 2.58 bits per heavy atom. The van der Waals surface area contributed by atoms with E-state index in [-0.39, 0.29) is 45.5 Å². The van der Waals surface area contributed by atoms with Crippen LogP contribution in [0.15, 0.2) is 42.5 Å². The van der Waals surface area contributed by atoms with Crippen LogP contribution < -0.4 is 25.3 Å². The monoisotopic (exact) mass is 583 g/mol. The number of pyridine rings is 1. The van der Waals surface area contributed by atoms with Crippen LogP contribution in [0.25, 0.3) is 11.3 Å². The number of nitrogens with two attached hydrogens (primary N) is 1. The van der Waals surface area contributed by atoms with Gasteiger partial charge in [-0.05, 0) is 56.3 Å². The molecule has 2 heterocycles. The third-order valence-corrected chi connectivity index (χ3v) is 6.71. The standard InChI is InChI=1S/C27H26ClF4N3O5/c1-4-39-19-8-6-15(10-20(19)38-3)24(36)34-12-26(37,27(30,31)32)21-11-16-23(40-13-25(16,2)33)22(35-21)14-5-7-18(29)17(28)9-14/h5-11,37H,4,12-13,33H2,1-3H3,(H,34,36)/t25-,26+/m0/s1. The van der Waals surface area contributed by atoms with Crippen LogP contribution in [0.4, 0.5) is 17.6 Å². The first-order valence-corrected chi connectivity index (χ1v) is 12.4. The van der Waals surface area contributed by atoms with E-state index in [9.17, 15) is 27.5 Å². The zero-order valence-electron chi connectivity index (χ0n) is 21.7. The second kappa shape index (κ2) is 10.8. The number of hydrogen-bond donors (Lipinski definition) is 3. The third kappa shape index (κ3) is 5.38. The summed E-state index contributed by atoms with van der Waals surface area (Å²) < 4.78 is 73.5. The first-order chi connectivity index (χ1) is 18.7. The summed E-state index contributed by atoms with van der Waals surface area (Å²) in [7, 11) is 1.35. The lowest BCUT2D eigenvalue weighted by atomic mass is 9.89. The molecule has 0 aliphatic carbocycles. The number of hydrogen-bond acceptors (Lipinski definition) is 7. The van der Waals surface area contributed by atoms with Crippen molar-refractivity contribution in [1.82, 2.24) is 10.3 Å². The van der Waals surface area contributed by atoms with Crippen LogP contribution in [-0.2, 0) is 11.1 Å². The highest BCUT2D eigenvalue weighted by atomic mass is 35.5. The van der Waals surface area contributed by atoms with E-state index in [1.165, 1.54) is 44.4 Å². The molecule has 0 spiro atoms. The topological polar surface area (TPSA) is 116 Å². The second-order valence-corrected chi connectivity index (χ2v) is 9.81. The van der Waals surface area contributed by atoms with E-state index >= 15 is 0 Å². The Hall–Kier alpha value is -3.61. The van der Waals surface area contributed by atoms with Crippen LogP contribution >= 0.6 is 11.6 Å². The van der Waals surface area contributed by atoms with Crippen molar-refractivity contribution in [3.05, 3.63) is 70.1 Å². The molecule has 8 nitrogen and oxygen atoms in total. The van der Waals surface area contributed by atoms with Crippen LogP contribution in [0, 0.1) is 5.82 Å². The summed E-state index contributed by atoms with van der Waals surface area (Å²) in [6, 6.07) is 8.54. The number of aliphatic hydroxyl groups is 1. The molecule has 2 aromatic carbocycles. The van der Waals surface area contributed by atoms with E-state index in [0.717, 1.165) is 12.1 Å². The minimum atomic E-state index is -5.29. The maximum atomic E-state index is 14.5. The summed E-state index contributed by atoms with van der Waals surface area (Å²) in [5.74, 6) is -1.04. The molecule has 2 atom stereocenters. The maximum Gasteiger partial charge on any atom is 0.424 e. The smallest absolute Gasteiger partial charge is 0.424 e. The SMILES string of the molecule is CCOc1ccc(C(=O)NC[C@@](O)(c2cc3c(c(-c4ccc(F)c(Cl)c4)n2)OC[C@]3(C)N)C(F)(F)F)cc1OC. The third-order valence-electron chi connectivity index (χ3n) is 6.42. The lowest BCUT2D eigenvalue weighted by molar-refractivity contribution is -0.265. The minimum absolute atomic E-state index is 0.0312. The quantitative estimate of drug-likeness (QED) is 0.329. The molecule has 1 aromatic heterocycles. The van der Waals surface area contributed by atoms with Gasteiger partial charge < -0.3 is 30.4 Å². The van der Waals surface area contributed by atoms with Crippen molar-refractivity contribution in [1.29, 1.82) is 0 Å². The molecule has 40 heavy (non-hydrogen) atoms.